The normalized spacial score (nSPS) is 10.8. The van der Waals surface area contributed by atoms with Crippen molar-refractivity contribution in [1.82, 2.24) is 4.98 Å². The Morgan fingerprint density at radius 1 is 1.32 bits per heavy atom. The molecule has 0 aliphatic heterocycles. The lowest BCUT2D eigenvalue weighted by Gasteiger charge is -2.29. The molecule has 0 saturated carbocycles. The van der Waals surface area contributed by atoms with E-state index in [-0.39, 0.29) is 5.91 Å². The molecule has 1 heterocycles. The lowest BCUT2D eigenvalue weighted by molar-refractivity contribution is -0.125. The molecule has 0 aliphatic rings. The maximum Gasteiger partial charge on any atom is 0.247 e. The highest BCUT2D eigenvalue weighted by molar-refractivity contribution is 5.98. The van der Waals surface area contributed by atoms with E-state index in [9.17, 15) is 10.1 Å². The molecule has 0 atom stereocenters. The number of rotatable bonds is 6. The molecule has 1 aromatic heterocycles. The van der Waals surface area contributed by atoms with Crippen LogP contribution in [0.4, 0.5) is 5.69 Å². The van der Waals surface area contributed by atoms with Gasteiger partial charge in [-0.05, 0) is 25.0 Å². The maximum atomic E-state index is 12.7. The Hall–Kier alpha value is -1.89. The number of pyridine rings is 1. The predicted molar refractivity (Wildman–Crippen MR) is 75.5 cm³/mol. The van der Waals surface area contributed by atoms with E-state index in [1.807, 2.05) is 13.8 Å². The first-order valence-electron chi connectivity index (χ1n) is 6.70. The van der Waals surface area contributed by atoms with E-state index in [2.05, 4.69) is 11.1 Å². The number of carbonyl (C=O) groups is 1. The summed E-state index contributed by atoms with van der Waals surface area (Å²) in [5.41, 5.74) is -0.131. The molecule has 0 radical (unpaired) electrons. The molecule has 1 aromatic rings. The van der Waals surface area contributed by atoms with Gasteiger partial charge < -0.3 is 4.90 Å². The Balaban J connectivity index is 3.03. The van der Waals surface area contributed by atoms with Crippen molar-refractivity contribution in [2.75, 3.05) is 11.9 Å². The number of hydrogen-bond donors (Lipinski definition) is 0. The Morgan fingerprint density at radius 3 is 2.26 bits per heavy atom. The maximum absolute atomic E-state index is 12.7. The predicted octanol–water partition coefficient (Wildman–Crippen LogP) is 3.15. The zero-order valence-electron chi connectivity index (χ0n) is 11.9. The molecule has 1 rings (SSSR count). The molecule has 0 aromatic carbocycles. The van der Waals surface area contributed by atoms with Gasteiger partial charge in [0.1, 0.15) is 5.41 Å². The van der Waals surface area contributed by atoms with Crippen molar-refractivity contribution in [3.8, 4) is 6.07 Å². The van der Waals surface area contributed by atoms with Gasteiger partial charge in [0.15, 0.2) is 0 Å². The zero-order valence-corrected chi connectivity index (χ0v) is 11.9. The van der Waals surface area contributed by atoms with Crippen molar-refractivity contribution in [2.45, 2.75) is 39.5 Å². The minimum Gasteiger partial charge on any atom is -0.314 e. The highest BCUT2D eigenvalue weighted by atomic mass is 16.2. The van der Waals surface area contributed by atoms with E-state index in [0.29, 0.717) is 12.8 Å². The van der Waals surface area contributed by atoms with Gasteiger partial charge in [0.05, 0.1) is 6.07 Å². The summed E-state index contributed by atoms with van der Waals surface area (Å²) in [6.07, 6.45) is 6.14. The third-order valence-corrected chi connectivity index (χ3v) is 3.33. The molecule has 102 valence electrons. The van der Waals surface area contributed by atoms with E-state index in [1.165, 1.54) is 0 Å². The molecule has 0 aliphatic carbocycles. The lowest BCUT2D eigenvalue weighted by Crippen LogP contribution is -2.41. The molecule has 4 nitrogen and oxygen atoms in total. The van der Waals surface area contributed by atoms with Gasteiger partial charge in [0.2, 0.25) is 5.91 Å². The molecule has 0 saturated heterocycles. The van der Waals surface area contributed by atoms with E-state index >= 15 is 0 Å². The number of nitriles is 1. The first-order valence-corrected chi connectivity index (χ1v) is 6.70. The molecule has 0 spiro atoms. The van der Waals surface area contributed by atoms with Gasteiger partial charge in [-0.3, -0.25) is 9.78 Å². The number of amides is 1. The van der Waals surface area contributed by atoms with Gasteiger partial charge >= 0.3 is 0 Å². The number of anilines is 1. The van der Waals surface area contributed by atoms with Crippen LogP contribution in [-0.4, -0.2) is 17.9 Å². The van der Waals surface area contributed by atoms with Crippen molar-refractivity contribution in [3.05, 3.63) is 24.5 Å². The summed E-state index contributed by atoms with van der Waals surface area (Å²) >= 11 is 0. The van der Waals surface area contributed by atoms with Crippen LogP contribution in [0.25, 0.3) is 0 Å². The van der Waals surface area contributed by atoms with E-state index in [1.54, 1.807) is 36.5 Å². The number of nitrogens with zero attached hydrogens (tertiary/aromatic N) is 3. The lowest BCUT2D eigenvalue weighted by atomic mass is 9.79. The number of carbonyl (C=O) groups excluding carboxylic acids is 1. The van der Waals surface area contributed by atoms with E-state index in [0.717, 1.165) is 18.5 Å². The topological polar surface area (TPSA) is 57.0 Å². The fraction of sp³-hybridized carbons (Fsp3) is 0.533. The Morgan fingerprint density at radius 2 is 1.84 bits per heavy atom. The molecule has 0 unspecified atom stereocenters. The van der Waals surface area contributed by atoms with Gasteiger partial charge in [-0.25, -0.2) is 0 Å². The van der Waals surface area contributed by atoms with Gasteiger partial charge in [-0.1, -0.05) is 26.7 Å². The highest BCUT2D eigenvalue weighted by Gasteiger charge is 2.39. The molecular formula is C15H21N3O. The average molecular weight is 259 g/mol. The largest absolute Gasteiger partial charge is 0.314 e. The SMILES string of the molecule is CCCC(C#N)(CCC)C(=O)N(C)c1ccncc1. The molecule has 19 heavy (non-hydrogen) atoms. The summed E-state index contributed by atoms with van der Waals surface area (Å²) in [7, 11) is 1.72. The van der Waals surface area contributed by atoms with Crippen molar-refractivity contribution in [3.63, 3.8) is 0 Å². The molecule has 1 amide bonds. The third-order valence-electron chi connectivity index (χ3n) is 3.33. The molecule has 0 fully saturated rings. The Bertz CT molecular complexity index is 444. The minimum absolute atomic E-state index is 0.120. The van der Waals surface area contributed by atoms with Crippen molar-refractivity contribution in [1.29, 1.82) is 5.26 Å². The Labute approximate surface area is 115 Å². The van der Waals surface area contributed by atoms with Crippen LogP contribution in [0.3, 0.4) is 0 Å². The van der Waals surface area contributed by atoms with Crippen LogP contribution in [0.1, 0.15) is 39.5 Å². The van der Waals surface area contributed by atoms with Crippen molar-refractivity contribution >= 4 is 11.6 Å². The van der Waals surface area contributed by atoms with Crippen LogP contribution < -0.4 is 4.90 Å². The minimum atomic E-state index is -0.901. The number of aromatic nitrogens is 1. The summed E-state index contributed by atoms with van der Waals surface area (Å²) in [5, 5.41) is 9.50. The van der Waals surface area contributed by atoms with E-state index < -0.39 is 5.41 Å². The summed E-state index contributed by atoms with van der Waals surface area (Å²) in [6, 6.07) is 5.81. The summed E-state index contributed by atoms with van der Waals surface area (Å²) < 4.78 is 0. The van der Waals surface area contributed by atoms with Crippen LogP contribution >= 0.6 is 0 Å². The summed E-state index contributed by atoms with van der Waals surface area (Å²) in [6.45, 7) is 4.00. The summed E-state index contributed by atoms with van der Waals surface area (Å²) in [5.74, 6) is -0.120. The van der Waals surface area contributed by atoms with E-state index in [4.69, 9.17) is 0 Å². The first-order chi connectivity index (χ1) is 9.11. The first kappa shape index (κ1) is 15.2. The quantitative estimate of drug-likeness (QED) is 0.788. The van der Waals surface area contributed by atoms with Crippen LogP contribution in [0.5, 0.6) is 0 Å². The molecular weight excluding hydrogens is 238 g/mol. The molecule has 0 bridgehead atoms. The fourth-order valence-electron chi connectivity index (χ4n) is 2.36. The van der Waals surface area contributed by atoms with Gasteiger partial charge in [-0.15, -0.1) is 0 Å². The van der Waals surface area contributed by atoms with Crippen LogP contribution in [0, 0.1) is 16.7 Å². The second-order valence-electron chi connectivity index (χ2n) is 4.76. The number of hydrogen-bond acceptors (Lipinski definition) is 3. The molecule has 0 N–H and O–H groups in total. The smallest absolute Gasteiger partial charge is 0.247 e. The average Bonchev–Trinajstić information content (AvgIpc) is 2.46. The second kappa shape index (κ2) is 6.89. The highest BCUT2D eigenvalue weighted by Crippen LogP contribution is 2.32. The zero-order chi connectivity index (χ0) is 14.3. The third kappa shape index (κ3) is 3.31. The Kier molecular flexibility index (Phi) is 5.50. The van der Waals surface area contributed by atoms with Gasteiger partial charge in [0, 0.05) is 25.1 Å². The standard InChI is InChI=1S/C15H21N3O/c1-4-8-15(12-16,9-5-2)14(19)18(3)13-6-10-17-11-7-13/h6-7,10-11H,4-5,8-9H2,1-3H3. The van der Waals surface area contributed by atoms with Crippen LogP contribution in [0.2, 0.25) is 0 Å². The van der Waals surface area contributed by atoms with Gasteiger partial charge in [-0.2, -0.15) is 5.26 Å². The molecule has 4 heteroatoms. The van der Waals surface area contributed by atoms with Crippen LogP contribution in [-0.2, 0) is 4.79 Å². The van der Waals surface area contributed by atoms with Crippen molar-refractivity contribution < 1.29 is 4.79 Å². The van der Waals surface area contributed by atoms with Crippen molar-refractivity contribution in [2.24, 2.45) is 5.41 Å². The summed E-state index contributed by atoms with van der Waals surface area (Å²) in [4.78, 5) is 18.2. The second-order valence-corrected chi connectivity index (χ2v) is 4.76. The fourth-order valence-corrected chi connectivity index (χ4v) is 2.36. The monoisotopic (exact) mass is 259 g/mol. The van der Waals surface area contributed by atoms with Crippen LogP contribution in [0.15, 0.2) is 24.5 Å². The van der Waals surface area contributed by atoms with Gasteiger partial charge in [0.25, 0.3) is 0 Å².